The summed E-state index contributed by atoms with van der Waals surface area (Å²) in [5.74, 6) is 1.34. The van der Waals surface area contributed by atoms with Gasteiger partial charge in [-0.3, -0.25) is 18.6 Å². The van der Waals surface area contributed by atoms with Gasteiger partial charge in [0.05, 0.1) is 30.3 Å². The second-order valence-corrected chi connectivity index (χ2v) is 9.04. The number of para-hydroxylation sites is 2. The van der Waals surface area contributed by atoms with E-state index in [4.69, 9.17) is 4.74 Å². The van der Waals surface area contributed by atoms with E-state index < -0.39 is 0 Å². The van der Waals surface area contributed by atoms with Crippen molar-refractivity contribution in [3.8, 4) is 5.75 Å². The largest absolute Gasteiger partial charge is 0.496 e. The van der Waals surface area contributed by atoms with E-state index in [1.165, 1.54) is 17.3 Å². The van der Waals surface area contributed by atoms with Gasteiger partial charge in [-0.2, -0.15) is 0 Å². The molecule has 2 heterocycles. The number of aryl methyl sites for hydroxylation is 1. The number of aromatic nitrogens is 4. The number of thioether (sulfide) groups is 1. The molecule has 2 aromatic heterocycles. The predicted molar refractivity (Wildman–Crippen MR) is 138 cm³/mol. The highest BCUT2D eigenvalue weighted by molar-refractivity contribution is 7.99. The molecule has 5 rings (SSSR count). The lowest BCUT2D eigenvalue weighted by Gasteiger charge is -2.13. The maximum Gasteiger partial charge on any atom is 0.263 e. The number of methoxy groups -OCH3 is 1. The average molecular weight is 485 g/mol. The zero-order chi connectivity index (χ0) is 24.4. The van der Waals surface area contributed by atoms with Crippen molar-refractivity contribution in [2.75, 3.05) is 12.9 Å². The lowest BCUT2D eigenvalue weighted by atomic mass is 10.1. The highest BCUT2D eigenvalue weighted by atomic mass is 32.2. The number of benzene rings is 3. The van der Waals surface area contributed by atoms with Gasteiger partial charge in [0.25, 0.3) is 5.56 Å². The number of hydrogen-bond acceptors (Lipinski definition) is 6. The molecule has 8 heteroatoms. The number of ketones is 1. The molecule has 0 radical (unpaired) electrons. The van der Waals surface area contributed by atoms with Crippen LogP contribution in [0.5, 0.6) is 5.75 Å². The minimum absolute atomic E-state index is 0.0149. The number of Topliss-reactive ketones (excluding diaryl/α,β-unsaturated/α-hetero) is 1. The van der Waals surface area contributed by atoms with Crippen LogP contribution in [-0.2, 0) is 13.0 Å². The fraction of sp³-hybridized carbons (Fsp3) is 0.185. The van der Waals surface area contributed by atoms with E-state index in [0.717, 1.165) is 12.0 Å². The molecule has 0 saturated carbocycles. The number of hydrogen-bond donors (Lipinski definition) is 0. The van der Waals surface area contributed by atoms with Crippen molar-refractivity contribution < 1.29 is 9.53 Å². The van der Waals surface area contributed by atoms with E-state index in [-0.39, 0.29) is 23.6 Å². The predicted octanol–water partition coefficient (Wildman–Crippen LogP) is 4.64. The Balaban J connectivity index is 1.55. The molecular formula is C27H24N4O3S. The maximum atomic E-state index is 13.4. The summed E-state index contributed by atoms with van der Waals surface area (Å²) in [4.78, 5) is 26.3. The Morgan fingerprint density at radius 1 is 0.971 bits per heavy atom. The molecule has 0 N–H and O–H groups in total. The molecule has 35 heavy (non-hydrogen) atoms. The zero-order valence-corrected chi connectivity index (χ0v) is 20.3. The summed E-state index contributed by atoms with van der Waals surface area (Å²) in [6.07, 6.45) is 0.929. The van der Waals surface area contributed by atoms with Crippen LogP contribution in [0.2, 0.25) is 0 Å². The van der Waals surface area contributed by atoms with Gasteiger partial charge in [0.1, 0.15) is 5.75 Å². The van der Waals surface area contributed by atoms with Gasteiger partial charge < -0.3 is 4.74 Å². The van der Waals surface area contributed by atoms with Crippen LogP contribution >= 0.6 is 11.8 Å². The van der Waals surface area contributed by atoms with Gasteiger partial charge in [0.15, 0.2) is 10.9 Å². The summed E-state index contributed by atoms with van der Waals surface area (Å²) < 4.78 is 8.94. The first-order valence-corrected chi connectivity index (χ1v) is 12.3. The Kier molecular flexibility index (Phi) is 6.37. The van der Waals surface area contributed by atoms with Crippen LogP contribution in [0.25, 0.3) is 16.7 Å². The van der Waals surface area contributed by atoms with Crippen molar-refractivity contribution in [2.24, 2.45) is 0 Å². The van der Waals surface area contributed by atoms with E-state index in [9.17, 15) is 9.59 Å². The van der Waals surface area contributed by atoms with Crippen molar-refractivity contribution >= 4 is 34.2 Å². The fourth-order valence-corrected chi connectivity index (χ4v) is 4.95. The summed E-state index contributed by atoms with van der Waals surface area (Å²) in [5, 5.41) is 9.83. The Morgan fingerprint density at radius 2 is 1.71 bits per heavy atom. The standard InChI is InChI=1S/C27H24N4O3S/c1-3-18-12-14-19(15-13-18)23(32)17-35-27-29-28-26-30(16-20-8-4-7-11-24(20)34-2)25(33)21-9-5-6-10-22(21)31(26)27/h4-15H,3,16-17H2,1-2H3. The topological polar surface area (TPSA) is 78.5 Å². The molecular weight excluding hydrogens is 460 g/mol. The molecule has 0 aliphatic heterocycles. The summed E-state index contributed by atoms with van der Waals surface area (Å²) in [7, 11) is 1.61. The van der Waals surface area contributed by atoms with Gasteiger partial charge in [-0.25, -0.2) is 0 Å². The Hall–Kier alpha value is -3.91. The Morgan fingerprint density at radius 3 is 2.49 bits per heavy atom. The quantitative estimate of drug-likeness (QED) is 0.236. The van der Waals surface area contributed by atoms with Crippen LogP contribution in [0, 0.1) is 0 Å². The highest BCUT2D eigenvalue weighted by Gasteiger charge is 2.19. The van der Waals surface area contributed by atoms with Crippen LogP contribution in [-0.4, -0.2) is 37.8 Å². The third-order valence-corrected chi connectivity index (χ3v) is 6.94. The van der Waals surface area contributed by atoms with Gasteiger partial charge in [-0.1, -0.05) is 73.3 Å². The van der Waals surface area contributed by atoms with Crippen molar-refractivity contribution in [1.82, 2.24) is 19.2 Å². The van der Waals surface area contributed by atoms with Crippen LogP contribution < -0.4 is 10.3 Å². The van der Waals surface area contributed by atoms with Crippen LogP contribution in [0.1, 0.15) is 28.4 Å². The van der Waals surface area contributed by atoms with E-state index in [0.29, 0.717) is 33.1 Å². The van der Waals surface area contributed by atoms with Crippen molar-refractivity contribution in [3.63, 3.8) is 0 Å². The minimum atomic E-state index is -0.157. The van der Waals surface area contributed by atoms with E-state index >= 15 is 0 Å². The van der Waals surface area contributed by atoms with Gasteiger partial charge in [0.2, 0.25) is 5.78 Å². The molecule has 0 atom stereocenters. The lowest BCUT2D eigenvalue weighted by molar-refractivity contribution is 0.102. The monoisotopic (exact) mass is 484 g/mol. The summed E-state index contributed by atoms with van der Waals surface area (Å²) >= 11 is 1.31. The summed E-state index contributed by atoms with van der Waals surface area (Å²) in [5.41, 5.74) is 3.27. The number of carbonyl (C=O) groups excluding carboxylic acids is 1. The molecule has 7 nitrogen and oxygen atoms in total. The van der Waals surface area contributed by atoms with Gasteiger partial charge >= 0.3 is 0 Å². The third kappa shape index (κ3) is 4.33. The van der Waals surface area contributed by atoms with Crippen molar-refractivity contribution in [2.45, 2.75) is 25.0 Å². The van der Waals surface area contributed by atoms with Gasteiger partial charge in [-0.15, -0.1) is 10.2 Å². The summed E-state index contributed by atoms with van der Waals surface area (Å²) in [6, 6.07) is 22.7. The third-order valence-electron chi connectivity index (χ3n) is 6.02. The fourth-order valence-electron chi connectivity index (χ4n) is 4.11. The van der Waals surface area contributed by atoms with Gasteiger partial charge in [0, 0.05) is 11.1 Å². The highest BCUT2D eigenvalue weighted by Crippen LogP contribution is 2.24. The molecule has 0 aliphatic carbocycles. The van der Waals surface area contributed by atoms with Crippen molar-refractivity contribution in [3.05, 3.63) is 99.8 Å². The first-order valence-electron chi connectivity index (χ1n) is 11.3. The lowest BCUT2D eigenvalue weighted by Crippen LogP contribution is -2.24. The first kappa shape index (κ1) is 22.9. The van der Waals surface area contributed by atoms with Crippen molar-refractivity contribution in [1.29, 1.82) is 0 Å². The molecule has 0 bridgehead atoms. The molecule has 0 aliphatic rings. The number of carbonyl (C=O) groups is 1. The number of rotatable bonds is 8. The molecule has 176 valence electrons. The second-order valence-electron chi connectivity index (χ2n) is 8.10. The van der Waals surface area contributed by atoms with E-state index in [2.05, 4.69) is 17.1 Å². The molecule has 0 unspecified atom stereocenters. The normalized spacial score (nSPS) is 11.3. The number of fused-ring (bicyclic) bond motifs is 3. The van der Waals surface area contributed by atoms with Crippen LogP contribution in [0.4, 0.5) is 0 Å². The minimum Gasteiger partial charge on any atom is -0.496 e. The molecule has 0 saturated heterocycles. The maximum absolute atomic E-state index is 13.4. The zero-order valence-electron chi connectivity index (χ0n) is 19.5. The molecule has 0 amide bonds. The SMILES string of the molecule is CCc1ccc(C(=O)CSc2nnc3n(Cc4ccccc4OC)c(=O)c4ccccc4n23)cc1. The van der Waals surface area contributed by atoms with Crippen LogP contribution in [0.15, 0.2) is 82.7 Å². The first-order chi connectivity index (χ1) is 17.1. The molecule has 0 fully saturated rings. The smallest absolute Gasteiger partial charge is 0.263 e. The van der Waals surface area contributed by atoms with E-state index in [1.807, 2.05) is 71.1 Å². The molecule has 5 aromatic rings. The average Bonchev–Trinajstić information content (AvgIpc) is 3.34. The summed E-state index contributed by atoms with van der Waals surface area (Å²) in [6.45, 7) is 2.36. The number of ether oxygens (including phenoxy) is 1. The molecule has 3 aromatic carbocycles. The number of nitrogens with zero attached hydrogens (tertiary/aromatic N) is 4. The second kappa shape index (κ2) is 9.76. The van der Waals surface area contributed by atoms with Crippen LogP contribution in [0.3, 0.4) is 0 Å². The Labute approximate surface area is 206 Å². The Bertz CT molecular complexity index is 1590. The van der Waals surface area contributed by atoms with Gasteiger partial charge in [-0.05, 0) is 30.2 Å². The van der Waals surface area contributed by atoms with E-state index in [1.54, 1.807) is 17.7 Å². The molecule has 0 spiro atoms.